The Labute approximate surface area is 234 Å². The van der Waals surface area contributed by atoms with Crippen molar-refractivity contribution in [3.8, 4) is 11.5 Å². The van der Waals surface area contributed by atoms with Gasteiger partial charge in [-0.2, -0.15) is 5.06 Å². The Morgan fingerprint density at radius 2 is 1.56 bits per heavy atom. The molecule has 0 spiro atoms. The molecular formula is C27H30N4O10. The van der Waals surface area contributed by atoms with E-state index >= 15 is 0 Å². The number of phenols is 2. The molecule has 14 nitrogen and oxygen atoms in total. The van der Waals surface area contributed by atoms with Crippen LogP contribution >= 0.6 is 0 Å². The summed E-state index contributed by atoms with van der Waals surface area (Å²) in [5.41, 5.74) is 6.59. The Balaban J connectivity index is 1.61. The highest BCUT2D eigenvalue weighted by molar-refractivity contribution is 5.94. The Morgan fingerprint density at radius 1 is 0.951 bits per heavy atom. The summed E-state index contributed by atoms with van der Waals surface area (Å²) in [5.74, 6) is -3.36. The summed E-state index contributed by atoms with van der Waals surface area (Å²) in [6.45, 7) is -0.508. The van der Waals surface area contributed by atoms with E-state index in [1.165, 1.54) is 29.2 Å². The summed E-state index contributed by atoms with van der Waals surface area (Å²) >= 11 is 0. The van der Waals surface area contributed by atoms with E-state index < -0.39 is 54.5 Å². The fourth-order valence-corrected chi connectivity index (χ4v) is 4.73. The number of nitrogens with two attached hydrogens (primary N) is 1. The standard InChI is InChI=1S/C27H30N4O10/c28-22(34)9-11-29-15-23-30(20(25(29)37)14-24(35)36)26(38)21(13-17-3-7-19(33)8-4-17)41-31(23)27(39)40-12-10-16-1-5-18(32)6-2-16/h1-8,20-21,23,32-33H,9-15H2,(H2,28,34)(H,35,36)/t20-,21+,23?/m0/s1. The Kier molecular flexibility index (Phi) is 8.92. The van der Waals surface area contributed by atoms with Gasteiger partial charge in [0.25, 0.3) is 5.91 Å². The first-order valence-corrected chi connectivity index (χ1v) is 12.8. The molecule has 2 aromatic carbocycles. The van der Waals surface area contributed by atoms with E-state index in [-0.39, 0.29) is 44.0 Å². The van der Waals surface area contributed by atoms with Crippen LogP contribution in [0, 0.1) is 0 Å². The summed E-state index contributed by atoms with van der Waals surface area (Å²) in [5, 5.41) is 29.4. The topological polar surface area (TPSA) is 200 Å². The lowest BCUT2D eigenvalue weighted by Crippen LogP contribution is -2.74. The lowest BCUT2D eigenvalue weighted by Gasteiger charge is -2.52. The molecule has 41 heavy (non-hydrogen) atoms. The van der Waals surface area contributed by atoms with Crippen molar-refractivity contribution in [3.63, 3.8) is 0 Å². The minimum Gasteiger partial charge on any atom is -0.508 e. The number of fused-ring (bicyclic) bond motifs is 1. The van der Waals surface area contributed by atoms with Crippen molar-refractivity contribution < 1.29 is 48.9 Å². The van der Waals surface area contributed by atoms with E-state index in [1.54, 1.807) is 24.3 Å². The third-order valence-corrected chi connectivity index (χ3v) is 6.76. The minimum atomic E-state index is -1.48. The highest BCUT2D eigenvalue weighted by Gasteiger charge is 2.53. The second kappa shape index (κ2) is 12.6. The summed E-state index contributed by atoms with van der Waals surface area (Å²) in [4.78, 5) is 71.4. The number of amides is 4. The van der Waals surface area contributed by atoms with Gasteiger partial charge in [-0.05, 0) is 35.4 Å². The van der Waals surface area contributed by atoms with Gasteiger partial charge in [0.1, 0.15) is 17.5 Å². The SMILES string of the molecule is NC(=O)CCN1CC2N(C(=O)OCCc3ccc(O)cc3)O[C@H](Cc3ccc(O)cc3)C(=O)N2[C@@H](CC(=O)O)C1=O. The molecule has 2 saturated heterocycles. The van der Waals surface area contributed by atoms with Crippen LogP contribution in [-0.4, -0.2) is 98.0 Å². The number of rotatable bonds is 10. The van der Waals surface area contributed by atoms with Gasteiger partial charge in [-0.3, -0.25) is 24.0 Å². The lowest BCUT2D eigenvalue weighted by molar-refractivity contribution is -0.266. The molecule has 0 aliphatic carbocycles. The van der Waals surface area contributed by atoms with Gasteiger partial charge in [0.2, 0.25) is 11.8 Å². The van der Waals surface area contributed by atoms with E-state index in [0.717, 1.165) is 15.5 Å². The van der Waals surface area contributed by atoms with Crippen molar-refractivity contribution in [2.24, 2.45) is 5.73 Å². The molecule has 0 saturated carbocycles. The fraction of sp³-hybridized carbons (Fsp3) is 0.370. The number of hydrogen-bond acceptors (Lipinski definition) is 9. The number of carbonyl (C=O) groups excluding carboxylic acids is 4. The van der Waals surface area contributed by atoms with Crippen LogP contribution in [0.5, 0.6) is 11.5 Å². The second-order valence-corrected chi connectivity index (χ2v) is 9.66. The maximum Gasteiger partial charge on any atom is 0.436 e. The number of hydroxylamine groups is 2. The third kappa shape index (κ3) is 7.03. The molecule has 0 aromatic heterocycles. The van der Waals surface area contributed by atoms with Gasteiger partial charge < -0.3 is 35.6 Å². The number of benzene rings is 2. The number of carbonyl (C=O) groups is 5. The average Bonchev–Trinajstić information content (AvgIpc) is 2.92. The van der Waals surface area contributed by atoms with Crippen LogP contribution in [0.3, 0.4) is 0 Å². The van der Waals surface area contributed by atoms with Crippen LogP contribution in [0.1, 0.15) is 24.0 Å². The summed E-state index contributed by atoms with van der Waals surface area (Å²) in [6, 6.07) is 10.8. The van der Waals surface area contributed by atoms with Crippen molar-refractivity contribution in [1.29, 1.82) is 0 Å². The van der Waals surface area contributed by atoms with E-state index in [9.17, 15) is 39.3 Å². The quantitative estimate of drug-likeness (QED) is 0.309. The zero-order chi connectivity index (χ0) is 29.7. The van der Waals surface area contributed by atoms with Crippen molar-refractivity contribution in [2.75, 3.05) is 19.7 Å². The van der Waals surface area contributed by atoms with Crippen molar-refractivity contribution in [3.05, 3.63) is 59.7 Å². The maximum atomic E-state index is 13.7. The van der Waals surface area contributed by atoms with Crippen LogP contribution in [0.15, 0.2) is 48.5 Å². The molecule has 2 aliphatic rings. The number of ether oxygens (including phenoxy) is 1. The molecule has 218 valence electrons. The number of nitrogens with zero attached hydrogens (tertiary/aromatic N) is 3. The van der Waals surface area contributed by atoms with Gasteiger partial charge >= 0.3 is 12.1 Å². The van der Waals surface area contributed by atoms with Gasteiger partial charge in [0.05, 0.1) is 19.6 Å². The van der Waals surface area contributed by atoms with Crippen LogP contribution in [-0.2, 0) is 41.6 Å². The first kappa shape index (κ1) is 29.1. The monoisotopic (exact) mass is 570 g/mol. The van der Waals surface area contributed by atoms with Crippen LogP contribution in [0.4, 0.5) is 4.79 Å². The zero-order valence-electron chi connectivity index (χ0n) is 21.9. The van der Waals surface area contributed by atoms with E-state index in [2.05, 4.69) is 0 Å². The molecule has 2 aliphatic heterocycles. The fourth-order valence-electron chi connectivity index (χ4n) is 4.73. The van der Waals surface area contributed by atoms with E-state index in [1.807, 2.05) is 0 Å². The third-order valence-electron chi connectivity index (χ3n) is 6.76. The molecule has 5 N–H and O–H groups in total. The highest BCUT2D eigenvalue weighted by atomic mass is 16.7. The number of aliphatic carboxylic acids is 1. The number of piperazine rings is 1. The van der Waals surface area contributed by atoms with Crippen molar-refractivity contribution >= 4 is 29.8 Å². The number of primary amides is 1. The average molecular weight is 571 g/mol. The molecule has 1 unspecified atom stereocenters. The molecule has 0 radical (unpaired) electrons. The first-order valence-electron chi connectivity index (χ1n) is 12.8. The molecule has 2 aromatic rings. The van der Waals surface area contributed by atoms with Gasteiger partial charge in [0, 0.05) is 25.8 Å². The second-order valence-electron chi connectivity index (χ2n) is 9.66. The molecule has 4 amide bonds. The first-order chi connectivity index (χ1) is 19.5. The molecular weight excluding hydrogens is 540 g/mol. The summed E-state index contributed by atoms with van der Waals surface area (Å²) < 4.78 is 5.43. The Bertz CT molecular complexity index is 1300. The Morgan fingerprint density at radius 3 is 2.15 bits per heavy atom. The highest BCUT2D eigenvalue weighted by Crippen LogP contribution is 2.31. The minimum absolute atomic E-state index is 0.00253. The van der Waals surface area contributed by atoms with Gasteiger partial charge in [0.15, 0.2) is 12.3 Å². The molecule has 4 rings (SSSR count). The normalized spacial score (nSPS) is 20.5. The predicted octanol–water partition coefficient (Wildman–Crippen LogP) is 0.351. The van der Waals surface area contributed by atoms with Crippen molar-refractivity contribution in [2.45, 2.75) is 44.0 Å². The molecule has 2 heterocycles. The van der Waals surface area contributed by atoms with E-state index in [4.69, 9.17) is 15.3 Å². The number of carboxylic acid groups (broad SMARTS) is 1. The zero-order valence-corrected chi connectivity index (χ0v) is 21.9. The number of carboxylic acids is 1. The van der Waals surface area contributed by atoms with Crippen LogP contribution in [0.25, 0.3) is 0 Å². The lowest BCUT2D eigenvalue weighted by atomic mass is 10.00. The van der Waals surface area contributed by atoms with Crippen LogP contribution < -0.4 is 5.73 Å². The Hall–Kier alpha value is -4.85. The largest absolute Gasteiger partial charge is 0.508 e. The molecule has 3 atom stereocenters. The van der Waals surface area contributed by atoms with Crippen molar-refractivity contribution in [1.82, 2.24) is 14.9 Å². The summed E-state index contributed by atoms with van der Waals surface area (Å²) in [6.07, 6.45) is -4.25. The predicted molar refractivity (Wildman–Crippen MR) is 139 cm³/mol. The van der Waals surface area contributed by atoms with Gasteiger partial charge in [-0.1, -0.05) is 24.3 Å². The van der Waals surface area contributed by atoms with Gasteiger partial charge in [-0.15, -0.1) is 0 Å². The van der Waals surface area contributed by atoms with Gasteiger partial charge in [-0.25, -0.2) is 4.79 Å². The number of phenolic OH excluding ortho intramolecular Hbond substituents is 2. The summed E-state index contributed by atoms with van der Waals surface area (Å²) in [7, 11) is 0. The number of hydrogen-bond donors (Lipinski definition) is 4. The smallest absolute Gasteiger partial charge is 0.436 e. The molecule has 14 heteroatoms. The maximum absolute atomic E-state index is 13.7. The molecule has 2 fully saturated rings. The molecule has 0 bridgehead atoms. The number of aromatic hydroxyl groups is 2. The van der Waals surface area contributed by atoms with E-state index in [0.29, 0.717) is 12.0 Å². The van der Waals surface area contributed by atoms with Crippen LogP contribution in [0.2, 0.25) is 0 Å².